The molecule has 16 heavy (non-hydrogen) atoms. The second-order valence-corrected chi connectivity index (χ2v) is 6.38. The van der Waals surface area contributed by atoms with Crippen molar-refractivity contribution in [2.24, 2.45) is 5.73 Å². The van der Waals surface area contributed by atoms with Gasteiger partial charge >= 0.3 is 0 Å². The molecule has 0 aliphatic heterocycles. The van der Waals surface area contributed by atoms with Crippen molar-refractivity contribution in [2.75, 3.05) is 25.9 Å². The summed E-state index contributed by atoms with van der Waals surface area (Å²) >= 11 is 4.55. The lowest BCUT2D eigenvalue weighted by Gasteiger charge is -2.20. The van der Waals surface area contributed by atoms with E-state index in [0.717, 1.165) is 13.0 Å². The molecule has 0 aromatic carbocycles. The van der Waals surface area contributed by atoms with E-state index in [1.807, 2.05) is 7.05 Å². The first-order valence-electron chi connectivity index (χ1n) is 5.20. The van der Waals surface area contributed by atoms with Gasteiger partial charge in [-0.3, -0.25) is 0 Å². The molecule has 5 nitrogen and oxygen atoms in total. The van der Waals surface area contributed by atoms with Crippen LogP contribution in [-0.2, 0) is 10.0 Å². The van der Waals surface area contributed by atoms with Gasteiger partial charge in [0.15, 0.2) is 0 Å². The fraction of sp³-hybridized carbons (Fsp3) is 0.889. The number of rotatable bonds is 8. The third kappa shape index (κ3) is 7.98. The molecular weight excluding hydrogens is 246 g/mol. The van der Waals surface area contributed by atoms with Gasteiger partial charge in [0.2, 0.25) is 10.0 Å². The van der Waals surface area contributed by atoms with E-state index < -0.39 is 10.0 Å². The predicted octanol–water partition coefficient (Wildman–Crippen LogP) is -0.0778. The number of hydrogen-bond donors (Lipinski definition) is 2. The largest absolute Gasteiger partial charge is 0.392 e. The van der Waals surface area contributed by atoms with Crippen molar-refractivity contribution in [3.63, 3.8) is 0 Å². The molecule has 0 unspecified atom stereocenters. The van der Waals surface area contributed by atoms with Crippen LogP contribution >= 0.6 is 12.2 Å². The van der Waals surface area contributed by atoms with Crippen molar-refractivity contribution in [2.45, 2.75) is 26.3 Å². The minimum atomic E-state index is -3.33. The fourth-order valence-electron chi connectivity index (χ4n) is 1.05. The normalized spacial score (nSPS) is 12.3. The molecular formula is C9H21N3O2S2. The average Bonchev–Trinajstić information content (AvgIpc) is 2.09. The Morgan fingerprint density at radius 1 is 1.50 bits per heavy atom. The summed E-state index contributed by atoms with van der Waals surface area (Å²) in [5.74, 6) is -0.275. The minimum Gasteiger partial charge on any atom is -0.392 e. The van der Waals surface area contributed by atoms with Crippen LogP contribution in [0, 0.1) is 0 Å². The molecule has 0 amide bonds. The van der Waals surface area contributed by atoms with E-state index in [1.165, 1.54) is 0 Å². The molecule has 7 heteroatoms. The zero-order valence-corrected chi connectivity index (χ0v) is 11.7. The average molecular weight is 267 g/mol. The quantitative estimate of drug-likeness (QED) is 0.475. The molecule has 0 fully saturated rings. The highest BCUT2D eigenvalue weighted by Crippen LogP contribution is 1.95. The molecule has 0 heterocycles. The molecule has 0 aliphatic carbocycles. The van der Waals surface area contributed by atoms with E-state index in [1.54, 1.807) is 0 Å². The van der Waals surface area contributed by atoms with Crippen LogP contribution < -0.4 is 10.5 Å². The molecule has 0 radical (unpaired) electrons. The van der Waals surface area contributed by atoms with Gasteiger partial charge in [-0.15, -0.1) is 0 Å². The maximum atomic E-state index is 11.3. The van der Waals surface area contributed by atoms with Crippen molar-refractivity contribution >= 4 is 27.2 Å². The number of nitrogens with one attached hydrogen (secondary N) is 1. The monoisotopic (exact) mass is 267 g/mol. The first-order chi connectivity index (χ1) is 7.24. The van der Waals surface area contributed by atoms with Crippen LogP contribution in [0.2, 0.25) is 0 Å². The summed E-state index contributed by atoms with van der Waals surface area (Å²) in [6, 6.07) is 0.466. The molecule has 0 atom stereocenters. The molecule has 0 bridgehead atoms. The van der Waals surface area contributed by atoms with E-state index in [-0.39, 0.29) is 10.7 Å². The van der Waals surface area contributed by atoms with Gasteiger partial charge in [0.25, 0.3) is 0 Å². The first kappa shape index (κ1) is 15.8. The Balaban J connectivity index is 3.78. The number of hydrogen-bond acceptors (Lipinski definition) is 4. The first-order valence-corrected chi connectivity index (χ1v) is 7.26. The van der Waals surface area contributed by atoms with Crippen molar-refractivity contribution in [3.8, 4) is 0 Å². The Labute approximate surface area is 103 Å². The molecule has 0 aromatic rings. The molecule has 0 spiro atoms. The van der Waals surface area contributed by atoms with Crippen molar-refractivity contribution in [3.05, 3.63) is 0 Å². The van der Waals surface area contributed by atoms with Crippen LogP contribution in [-0.4, -0.2) is 50.2 Å². The molecule has 96 valence electrons. The van der Waals surface area contributed by atoms with Crippen molar-refractivity contribution in [1.29, 1.82) is 0 Å². The zero-order valence-electron chi connectivity index (χ0n) is 10.1. The van der Waals surface area contributed by atoms with Crippen LogP contribution in [0.1, 0.15) is 20.3 Å². The molecule has 0 aromatic heterocycles. The third-order valence-electron chi connectivity index (χ3n) is 2.22. The Kier molecular flexibility index (Phi) is 7.05. The van der Waals surface area contributed by atoms with Gasteiger partial charge in [0.05, 0.1) is 4.99 Å². The van der Waals surface area contributed by atoms with Crippen LogP contribution in [0.5, 0.6) is 0 Å². The summed E-state index contributed by atoms with van der Waals surface area (Å²) in [6.45, 7) is 5.46. The predicted molar refractivity (Wildman–Crippen MR) is 71.0 cm³/mol. The molecule has 0 saturated carbocycles. The van der Waals surface area contributed by atoms with E-state index in [4.69, 9.17) is 5.73 Å². The van der Waals surface area contributed by atoms with Crippen molar-refractivity contribution < 1.29 is 8.42 Å². The summed E-state index contributed by atoms with van der Waals surface area (Å²) < 4.78 is 25.1. The third-order valence-corrected chi connectivity index (χ3v) is 3.89. The van der Waals surface area contributed by atoms with E-state index in [9.17, 15) is 8.42 Å². The van der Waals surface area contributed by atoms with E-state index in [0.29, 0.717) is 12.6 Å². The highest BCUT2D eigenvalue weighted by Gasteiger charge is 2.11. The zero-order chi connectivity index (χ0) is 12.8. The van der Waals surface area contributed by atoms with Crippen molar-refractivity contribution in [1.82, 2.24) is 9.62 Å². The molecule has 0 aliphatic rings. The summed E-state index contributed by atoms with van der Waals surface area (Å²) in [4.78, 5) is 2.15. The summed E-state index contributed by atoms with van der Waals surface area (Å²) in [5.41, 5.74) is 5.17. The summed E-state index contributed by atoms with van der Waals surface area (Å²) in [7, 11) is -1.33. The van der Waals surface area contributed by atoms with Gasteiger partial charge < -0.3 is 10.6 Å². The van der Waals surface area contributed by atoms with Gasteiger partial charge in [-0.25, -0.2) is 13.1 Å². The Morgan fingerprint density at radius 2 is 2.06 bits per heavy atom. The van der Waals surface area contributed by atoms with Crippen LogP contribution in [0.3, 0.4) is 0 Å². The second kappa shape index (κ2) is 7.16. The van der Waals surface area contributed by atoms with Crippen LogP contribution in [0.25, 0.3) is 0 Å². The topological polar surface area (TPSA) is 75.4 Å². The lowest BCUT2D eigenvalue weighted by atomic mass is 10.3. The van der Waals surface area contributed by atoms with E-state index in [2.05, 4.69) is 35.7 Å². The minimum absolute atomic E-state index is 0.00759. The number of thiocarbonyl (C=S) groups is 1. The van der Waals surface area contributed by atoms with Crippen LogP contribution in [0.4, 0.5) is 0 Å². The highest BCUT2D eigenvalue weighted by molar-refractivity contribution is 7.92. The lowest BCUT2D eigenvalue weighted by molar-refractivity contribution is 0.271. The van der Waals surface area contributed by atoms with Gasteiger partial charge in [-0.2, -0.15) is 0 Å². The smallest absolute Gasteiger partial charge is 0.218 e. The highest BCUT2D eigenvalue weighted by atomic mass is 32.2. The number of nitrogens with two attached hydrogens (primary N) is 1. The Hall–Kier alpha value is -0.240. The number of nitrogens with zero attached hydrogens (tertiary/aromatic N) is 1. The Morgan fingerprint density at radius 3 is 2.50 bits per heavy atom. The van der Waals surface area contributed by atoms with Gasteiger partial charge in [0, 0.05) is 12.6 Å². The second-order valence-electron chi connectivity index (χ2n) is 4.05. The maximum Gasteiger partial charge on any atom is 0.218 e. The Bertz CT molecular complexity index is 315. The summed E-state index contributed by atoms with van der Waals surface area (Å²) in [5, 5.41) is 0. The van der Waals surface area contributed by atoms with Crippen LogP contribution in [0.15, 0.2) is 0 Å². The standard InChI is InChI=1S/C9H21N3O2S2/c1-8(2)12(3)6-4-5-11-16(13,14)7-9(10)15/h8,11H,4-7H2,1-3H3,(H2,10,15). The SMILES string of the molecule is CC(C)N(C)CCCNS(=O)(=O)CC(N)=S. The molecule has 0 saturated heterocycles. The maximum absolute atomic E-state index is 11.3. The number of sulfonamides is 1. The molecule has 3 N–H and O–H groups in total. The van der Waals surface area contributed by atoms with Gasteiger partial charge in [-0.05, 0) is 33.9 Å². The van der Waals surface area contributed by atoms with Gasteiger partial charge in [0.1, 0.15) is 5.75 Å². The summed E-state index contributed by atoms with van der Waals surface area (Å²) in [6.07, 6.45) is 0.769. The van der Waals surface area contributed by atoms with E-state index >= 15 is 0 Å². The van der Waals surface area contributed by atoms with Gasteiger partial charge in [-0.1, -0.05) is 12.2 Å². The molecule has 0 rings (SSSR count). The fourth-order valence-corrected chi connectivity index (χ4v) is 2.45. The lowest BCUT2D eigenvalue weighted by Crippen LogP contribution is -2.35.